The van der Waals surface area contributed by atoms with Crippen LogP contribution in [0.2, 0.25) is 0 Å². The molecule has 1 aliphatic carbocycles. The van der Waals surface area contributed by atoms with Crippen LogP contribution in [0.5, 0.6) is 11.5 Å². The van der Waals surface area contributed by atoms with Gasteiger partial charge in [0.25, 0.3) is 5.91 Å². The lowest BCUT2D eigenvalue weighted by Crippen LogP contribution is -2.58. The maximum Gasteiger partial charge on any atom is 0.516 e. The molecule has 2 N–H and O–H groups in total. The van der Waals surface area contributed by atoms with Crippen LogP contribution in [0.3, 0.4) is 0 Å². The van der Waals surface area contributed by atoms with Crippen LogP contribution in [0.1, 0.15) is 59.3 Å². The van der Waals surface area contributed by atoms with Gasteiger partial charge in [0.1, 0.15) is 29.2 Å². The van der Waals surface area contributed by atoms with Crippen molar-refractivity contribution < 1.29 is 50.2 Å². The number of nitrogens with one attached hydrogen (secondary N) is 2. The van der Waals surface area contributed by atoms with Gasteiger partial charge in [-0.1, -0.05) is 57.2 Å². The SMILES string of the molecule is C=C[C@@H]1C[C@]1(NC(=O)[C@@H]1C[C@@H](Oc2cc(-c3ccccc3)nc3cc(OC)ccc23)CN1C(=O)[C@@H](CC(=O)N1CCCCC1)C(C)(C)C)C(=O)NS(=O)(=O)C(F)(F)F. The molecule has 0 radical (unpaired) electrons. The van der Waals surface area contributed by atoms with Gasteiger partial charge in [-0.25, -0.2) is 9.71 Å². The number of piperidine rings is 1. The number of likely N-dealkylation sites (tertiary alicyclic amines) is 2. The van der Waals surface area contributed by atoms with E-state index in [4.69, 9.17) is 14.5 Å². The Morgan fingerprint density at radius 3 is 2.33 bits per heavy atom. The Morgan fingerprint density at radius 1 is 1.03 bits per heavy atom. The van der Waals surface area contributed by atoms with Gasteiger partial charge in [-0.2, -0.15) is 21.6 Å². The average Bonchev–Trinajstić information content (AvgIpc) is 3.74. The molecule has 4 amide bonds. The highest BCUT2D eigenvalue weighted by molar-refractivity contribution is 7.90. The number of rotatable bonds is 12. The Bertz CT molecular complexity index is 2190. The zero-order valence-corrected chi connectivity index (χ0v) is 33.6. The topological polar surface area (TPSA) is 164 Å². The number of halogens is 3. The fraction of sp³-hybridized carbons (Fsp3) is 0.488. The number of methoxy groups -OCH3 is 1. The van der Waals surface area contributed by atoms with E-state index in [1.54, 1.807) is 29.2 Å². The second kappa shape index (κ2) is 16.2. The predicted molar refractivity (Wildman–Crippen MR) is 209 cm³/mol. The van der Waals surface area contributed by atoms with E-state index in [1.807, 2.05) is 51.1 Å². The summed E-state index contributed by atoms with van der Waals surface area (Å²) in [5.74, 6) is -4.07. The Morgan fingerprint density at radius 2 is 1.72 bits per heavy atom. The number of amides is 4. The molecule has 6 rings (SSSR count). The Kier molecular flexibility index (Phi) is 11.9. The number of nitrogens with zero attached hydrogens (tertiary/aromatic N) is 3. The highest BCUT2D eigenvalue weighted by Gasteiger charge is 2.63. The lowest BCUT2D eigenvalue weighted by molar-refractivity contribution is -0.148. The summed E-state index contributed by atoms with van der Waals surface area (Å²) in [6, 6.07) is 15.0. The number of carbonyl (C=O) groups excluding carboxylic acids is 4. The van der Waals surface area contributed by atoms with Gasteiger partial charge in [-0.3, -0.25) is 19.2 Å². The number of sulfonamides is 1. The highest BCUT2D eigenvalue weighted by atomic mass is 32.2. The second-order valence-electron chi connectivity index (χ2n) is 16.2. The molecule has 2 saturated heterocycles. The number of hydrogen-bond acceptors (Lipinski definition) is 9. The number of alkyl halides is 3. The normalized spacial score (nSPS) is 22.8. The number of ether oxygens (including phenoxy) is 2. The van der Waals surface area contributed by atoms with Crippen molar-refractivity contribution in [3.63, 3.8) is 0 Å². The van der Waals surface area contributed by atoms with Gasteiger partial charge in [-0.05, 0) is 43.2 Å². The highest BCUT2D eigenvalue weighted by Crippen LogP contribution is 2.46. The molecule has 312 valence electrons. The Hall–Kier alpha value is -5.19. The van der Waals surface area contributed by atoms with Crippen LogP contribution in [0, 0.1) is 17.3 Å². The van der Waals surface area contributed by atoms with E-state index < -0.39 is 68.2 Å². The minimum atomic E-state index is -6.11. The third kappa shape index (κ3) is 8.78. The fourth-order valence-corrected chi connectivity index (χ4v) is 8.27. The zero-order chi connectivity index (χ0) is 42.2. The molecular formula is C41H48F3N5O8S. The van der Waals surface area contributed by atoms with Crippen LogP contribution in [-0.2, 0) is 29.2 Å². The van der Waals surface area contributed by atoms with Crippen molar-refractivity contribution in [3.05, 3.63) is 67.3 Å². The van der Waals surface area contributed by atoms with Gasteiger partial charge >= 0.3 is 15.5 Å². The number of hydrogen-bond donors (Lipinski definition) is 2. The molecular weight excluding hydrogens is 780 g/mol. The van der Waals surface area contributed by atoms with E-state index in [2.05, 4.69) is 11.9 Å². The molecule has 17 heteroatoms. The van der Waals surface area contributed by atoms with Crippen LogP contribution in [0.4, 0.5) is 13.2 Å². The van der Waals surface area contributed by atoms with Crippen molar-refractivity contribution in [3.8, 4) is 22.8 Å². The lowest BCUT2D eigenvalue weighted by Gasteiger charge is -2.36. The molecule has 1 aromatic heterocycles. The first-order valence-electron chi connectivity index (χ1n) is 19.1. The monoisotopic (exact) mass is 827 g/mol. The van der Waals surface area contributed by atoms with Crippen LogP contribution in [0.25, 0.3) is 22.2 Å². The third-order valence-electron chi connectivity index (χ3n) is 11.2. The van der Waals surface area contributed by atoms with Gasteiger partial charge in [-0.15, -0.1) is 6.58 Å². The molecule has 2 aromatic carbocycles. The minimum Gasteiger partial charge on any atom is -0.497 e. The molecule has 0 bridgehead atoms. The molecule has 13 nitrogen and oxygen atoms in total. The molecule has 58 heavy (non-hydrogen) atoms. The number of benzene rings is 2. The molecule has 1 saturated carbocycles. The summed E-state index contributed by atoms with van der Waals surface area (Å²) in [7, 11) is -4.58. The summed E-state index contributed by atoms with van der Waals surface area (Å²) in [5, 5.41) is 3.10. The van der Waals surface area contributed by atoms with Crippen molar-refractivity contribution in [2.24, 2.45) is 17.3 Å². The van der Waals surface area contributed by atoms with Crippen LogP contribution >= 0.6 is 0 Å². The molecule has 3 aliphatic rings. The minimum absolute atomic E-state index is 0.119. The first kappa shape index (κ1) is 42.4. The fourth-order valence-electron chi connectivity index (χ4n) is 7.73. The maximum absolute atomic E-state index is 14.8. The van der Waals surface area contributed by atoms with Crippen LogP contribution in [-0.4, -0.2) is 96.8 Å². The summed E-state index contributed by atoms with van der Waals surface area (Å²) >= 11 is 0. The van der Waals surface area contributed by atoms with E-state index in [1.165, 1.54) is 18.1 Å². The molecule has 3 aromatic rings. The first-order chi connectivity index (χ1) is 27.3. The van der Waals surface area contributed by atoms with Crippen LogP contribution in [0.15, 0.2) is 67.3 Å². The largest absolute Gasteiger partial charge is 0.516 e. The van der Waals surface area contributed by atoms with Crippen molar-refractivity contribution in [1.82, 2.24) is 24.8 Å². The number of pyridine rings is 1. The van der Waals surface area contributed by atoms with Crippen molar-refractivity contribution >= 4 is 44.6 Å². The number of fused-ring (bicyclic) bond motifs is 1. The van der Waals surface area contributed by atoms with E-state index >= 15 is 0 Å². The Balaban J connectivity index is 1.35. The van der Waals surface area contributed by atoms with E-state index in [9.17, 15) is 40.8 Å². The van der Waals surface area contributed by atoms with Gasteiger partial charge in [0.05, 0.1) is 30.8 Å². The molecule has 3 heterocycles. The molecule has 0 spiro atoms. The second-order valence-corrected chi connectivity index (χ2v) is 17.9. The summed E-state index contributed by atoms with van der Waals surface area (Å²) in [4.78, 5) is 63.8. The van der Waals surface area contributed by atoms with Gasteiger partial charge < -0.3 is 24.6 Å². The van der Waals surface area contributed by atoms with Crippen molar-refractivity contribution in [1.29, 1.82) is 0 Å². The Labute approximate surface area is 335 Å². The molecule has 2 aliphatic heterocycles. The van der Waals surface area contributed by atoms with Gasteiger partial charge in [0.15, 0.2) is 0 Å². The summed E-state index contributed by atoms with van der Waals surface area (Å²) < 4.78 is 76.9. The molecule has 5 atom stereocenters. The van der Waals surface area contributed by atoms with E-state index in [0.29, 0.717) is 41.2 Å². The lowest BCUT2D eigenvalue weighted by atomic mass is 9.77. The summed E-state index contributed by atoms with van der Waals surface area (Å²) in [6.45, 7) is 10.1. The van der Waals surface area contributed by atoms with Crippen LogP contribution < -0.4 is 19.5 Å². The third-order valence-corrected chi connectivity index (χ3v) is 12.3. The number of carbonyl (C=O) groups is 4. The first-order valence-corrected chi connectivity index (χ1v) is 20.6. The standard InChI is InChI=1S/C41H48F3N5O8S/c1-6-26-23-40(26,38(53)47-58(54,55)41(42,43)44)46-36(51)33-20-28(24-49(33)37(52)30(39(2,3)4)21-35(50)48-17-11-8-12-18-48)57-34-22-31(25-13-9-7-10-14-25)45-32-19-27(56-5)15-16-29(32)34/h6-7,9-10,13-16,19,22,26,28,30,33H,1,8,11-12,17-18,20-21,23-24H2,2-5H3,(H,46,51)(H,47,53)/t26-,28-,30-,33+,40-/m1/s1. The van der Waals surface area contributed by atoms with Crippen molar-refractivity contribution in [2.75, 3.05) is 26.7 Å². The summed E-state index contributed by atoms with van der Waals surface area (Å²) in [5.41, 5.74) is -6.71. The number of aromatic nitrogens is 1. The van der Waals surface area contributed by atoms with Crippen molar-refractivity contribution in [2.45, 2.75) is 82.5 Å². The summed E-state index contributed by atoms with van der Waals surface area (Å²) in [6.07, 6.45) is 2.62. The smallest absolute Gasteiger partial charge is 0.497 e. The van der Waals surface area contributed by atoms with E-state index in [-0.39, 0.29) is 31.7 Å². The molecule has 3 fully saturated rings. The quantitative estimate of drug-likeness (QED) is 0.229. The average molecular weight is 828 g/mol. The predicted octanol–water partition coefficient (Wildman–Crippen LogP) is 5.35. The zero-order valence-electron chi connectivity index (χ0n) is 32.8. The molecule has 0 unspecified atom stereocenters. The maximum atomic E-state index is 14.8. The van der Waals surface area contributed by atoms with Gasteiger partial charge in [0.2, 0.25) is 17.7 Å². The van der Waals surface area contributed by atoms with E-state index in [0.717, 1.165) is 29.5 Å². The van der Waals surface area contributed by atoms with Gasteiger partial charge in [0, 0.05) is 54.9 Å².